The van der Waals surface area contributed by atoms with Gasteiger partial charge in [0.25, 0.3) is 0 Å². The Morgan fingerprint density at radius 2 is 2.00 bits per heavy atom. The van der Waals surface area contributed by atoms with Gasteiger partial charge in [-0.3, -0.25) is 0 Å². The lowest BCUT2D eigenvalue weighted by Gasteiger charge is -2.11. The van der Waals surface area contributed by atoms with Gasteiger partial charge in [-0.05, 0) is 30.5 Å². The molecule has 0 aromatic heterocycles. The van der Waals surface area contributed by atoms with E-state index in [0.717, 1.165) is 24.9 Å². The molecular formula is C14H22N2O2S. The third-order valence-electron chi connectivity index (χ3n) is 3.58. The standard InChI is InChI=1S/C14H22N2O2S/c1-3-11-9-13(11)16-19(17,18)14-8-6-5-7-12(14)10-15-4-2/h5-8,11,13,15-16H,3-4,9-10H2,1-2H3. The average Bonchev–Trinajstić information content (AvgIpc) is 3.14. The van der Waals surface area contributed by atoms with Crippen LogP contribution in [0.15, 0.2) is 29.2 Å². The molecule has 0 radical (unpaired) electrons. The second kappa shape index (κ2) is 6.03. The van der Waals surface area contributed by atoms with Crippen LogP contribution in [0, 0.1) is 5.92 Å². The van der Waals surface area contributed by atoms with Crippen molar-refractivity contribution >= 4 is 10.0 Å². The van der Waals surface area contributed by atoms with Gasteiger partial charge in [-0.25, -0.2) is 13.1 Å². The number of sulfonamides is 1. The Kier molecular flexibility index (Phi) is 4.60. The van der Waals surface area contributed by atoms with E-state index < -0.39 is 10.0 Å². The second-order valence-electron chi connectivity index (χ2n) is 5.02. The zero-order valence-corrected chi connectivity index (χ0v) is 12.3. The Bertz CT molecular complexity index is 528. The Hall–Kier alpha value is -0.910. The summed E-state index contributed by atoms with van der Waals surface area (Å²) in [6.07, 6.45) is 2.00. The molecule has 0 heterocycles. The second-order valence-corrected chi connectivity index (χ2v) is 6.70. The van der Waals surface area contributed by atoms with Crippen LogP contribution in [-0.2, 0) is 16.6 Å². The van der Waals surface area contributed by atoms with E-state index in [1.165, 1.54) is 0 Å². The molecule has 4 nitrogen and oxygen atoms in total. The predicted molar refractivity (Wildman–Crippen MR) is 76.3 cm³/mol. The Labute approximate surface area is 115 Å². The molecule has 2 N–H and O–H groups in total. The largest absolute Gasteiger partial charge is 0.313 e. The summed E-state index contributed by atoms with van der Waals surface area (Å²) in [5, 5.41) is 3.17. The van der Waals surface area contributed by atoms with Crippen LogP contribution in [0.2, 0.25) is 0 Å². The van der Waals surface area contributed by atoms with Crippen molar-refractivity contribution in [2.45, 2.75) is 44.2 Å². The molecule has 1 aliphatic carbocycles. The van der Waals surface area contributed by atoms with Gasteiger partial charge < -0.3 is 5.32 Å². The topological polar surface area (TPSA) is 58.2 Å². The quantitative estimate of drug-likeness (QED) is 0.802. The van der Waals surface area contributed by atoms with Crippen LogP contribution in [0.5, 0.6) is 0 Å². The molecule has 5 heteroatoms. The maximum absolute atomic E-state index is 12.4. The molecule has 0 aliphatic heterocycles. The van der Waals surface area contributed by atoms with E-state index in [-0.39, 0.29) is 6.04 Å². The van der Waals surface area contributed by atoms with Crippen molar-refractivity contribution in [1.82, 2.24) is 10.0 Å². The maximum atomic E-state index is 12.4. The van der Waals surface area contributed by atoms with E-state index in [0.29, 0.717) is 17.4 Å². The molecular weight excluding hydrogens is 260 g/mol. The molecule has 0 bridgehead atoms. The summed E-state index contributed by atoms with van der Waals surface area (Å²) in [7, 11) is -3.39. The molecule has 2 atom stereocenters. The van der Waals surface area contributed by atoms with E-state index in [4.69, 9.17) is 0 Å². The van der Waals surface area contributed by atoms with E-state index >= 15 is 0 Å². The van der Waals surface area contributed by atoms with Crippen molar-refractivity contribution in [1.29, 1.82) is 0 Å². The molecule has 0 saturated heterocycles. The van der Waals surface area contributed by atoms with Crippen molar-refractivity contribution in [2.24, 2.45) is 5.92 Å². The highest BCUT2D eigenvalue weighted by Gasteiger charge is 2.38. The summed E-state index contributed by atoms with van der Waals surface area (Å²) in [5.41, 5.74) is 0.825. The first kappa shape index (κ1) is 14.5. The van der Waals surface area contributed by atoms with Gasteiger partial charge in [-0.1, -0.05) is 38.5 Å². The van der Waals surface area contributed by atoms with E-state index in [2.05, 4.69) is 17.0 Å². The lowest BCUT2D eigenvalue weighted by atomic mass is 10.2. The molecule has 1 saturated carbocycles. The summed E-state index contributed by atoms with van der Waals surface area (Å²) in [6, 6.07) is 7.31. The molecule has 2 rings (SSSR count). The van der Waals surface area contributed by atoms with E-state index in [1.54, 1.807) is 12.1 Å². The highest BCUT2D eigenvalue weighted by molar-refractivity contribution is 7.89. The summed E-state index contributed by atoms with van der Waals surface area (Å²) in [6.45, 7) is 5.50. The van der Waals surface area contributed by atoms with Crippen LogP contribution in [0.1, 0.15) is 32.3 Å². The molecule has 1 aromatic rings. The smallest absolute Gasteiger partial charge is 0.241 e. The fourth-order valence-electron chi connectivity index (χ4n) is 2.28. The fourth-order valence-corrected chi connectivity index (χ4v) is 3.83. The van der Waals surface area contributed by atoms with E-state index in [9.17, 15) is 8.42 Å². The van der Waals surface area contributed by atoms with Crippen LogP contribution in [0.3, 0.4) is 0 Å². The van der Waals surface area contributed by atoms with Crippen molar-refractivity contribution < 1.29 is 8.42 Å². The SMILES string of the molecule is CCNCc1ccccc1S(=O)(=O)NC1CC1CC. The Balaban J connectivity index is 2.15. The molecule has 106 valence electrons. The number of hydrogen-bond donors (Lipinski definition) is 2. The zero-order valence-electron chi connectivity index (χ0n) is 11.5. The highest BCUT2D eigenvalue weighted by atomic mass is 32.2. The normalized spacial score (nSPS) is 22.4. The van der Waals surface area contributed by atoms with Crippen molar-refractivity contribution in [3.8, 4) is 0 Å². The van der Waals surface area contributed by atoms with Gasteiger partial charge in [0.2, 0.25) is 10.0 Å². The lowest BCUT2D eigenvalue weighted by Crippen LogP contribution is -2.28. The third-order valence-corrected chi connectivity index (χ3v) is 5.17. The van der Waals surface area contributed by atoms with Gasteiger partial charge in [-0.2, -0.15) is 0 Å². The van der Waals surface area contributed by atoms with Crippen molar-refractivity contribution in [3.63, 3.8) is 0 Å². The van der Waals surface area contributed by atoms with Gasteiger partial charge in [0.15, 0.2) is 0 Å². The minimum Gasteiger partial charge on any atom is -0.313 e. The number of benzene rings is 1. The van der Waals surface area contributed by atoms with Gasteiger partial charge >= 0.3 is 0 Å². The summed E-state index contributed by atoms with van der Waals surface area (Å²) < 4.78 is 27.6. The Morgan fingerprint density at radius 1 is 1.26 bits per heavy atom. The molecule has 1 aromatic carbocycles. The summed E-state index contributed by atoms with van der Waals surface area (Å²) in [5.74, 6) is 0.510. The van der Waals surface area contributed by atoms with Crippen LogP contribution in [0.25, 0.3) is 0 Å². The van der Waals surface area contributed by atoms with Crippen molar-refractivity contribution in [3.05, 3.63) is 29.8 Å². The van der Waals surface area contributed by atoms with Crippen molar-refractivity contribution in [2.75, 3.05) is 6.54 Å². The summed E-state index contributed by atoms with van der Waals surface area (Å²) >= 11 is 0. The highest BCUT2D eigenvalue weighted by Crippen LogP contribution is 2.34. The Morgan fingerprint density at radius 3 is 2.63 bits per heavy atom. The lowest BCUT2D eigenvalue weighted by molar-refractivity contribution is 0.573. The first-order chi connectivity index (χ1) is 9.08. The van der Waals surface area contributed by atoms with Gasteiger partial charge in [-0.15, -0.1) is 0 Å². The molecule has 0 spiro atoms. The molecule has 1 fully saturated rings. The van der Waals surface area contributed by atoms with Crippen LogP contribution in [0.4, 0.5) is 0 Å². The van der Waals surface area contributed by atoms with Gasteiger partial charge in [0, 0.05) is 12.6 Å². The number of rotatable bonds is 7. The van der Waals surface area contributed by atoms with Crippen LogP contribution < -0.4 is 10.0 Å². The molecule has 1 aliphatic rings. The molecule has 2 unspecified atom stereocenters. The first-order valence-corrected chi connectivity index (χ1v) is 8.37. The van der Waals surface area contributed by atoms with Crippen LogP contribution in [-0.4, -0.2) is 21.0 Å². The van der Waals surface area contributed by atoms with Gasteiger partial charge in [0.1, 0.15) is 0 Å². The van der Waals surface area contributed by atoms with Crippen LogP contribution >= 0.6 is 0 Å². The maximum Gasteiger partial charge on any atom is 0.241 e. The summed E-state index contributed by atoms with van der Waals surface area (Å²) in [4.78, 5) is 0.401. The fraction of sp³-hybridized carbons (Fsp3) is 0.571. The minimum absolute atomic E-state index is 0.127. The molecule has 19 heavy (non-hydrogen) atoms. The first-order valence-electron chi connectivity index (χ1n) is 6.89. The number of hydrogen-bond acceptors (Lipinski definition) is 3. The predicted octanol–water partition coefficient (Wildman–Crippen LogP) is 1.87. The molecule has 0 amide bonds. The minimum atomic E-state index is -3.39. The van der Waals surface area contributed by atoms with Gasteiger partial charge in [0.05, 0.1) is 4.90 Å². The number of nitrogens with one attached hydrogen (secondary N) is 2. The monoisotopic (exact) mass is 282 g/mol. The zero-order chi connectivity index (χ0) is 13.9. The van der Waals surface area contributed by atoms with E-state index in [1.807, 2.05) is 19.1 Å². The average molecular weight is 282 g/mol. The third kappa shape index (κ3) is 3.55.